The van der Waals surface area contributed by atoms with Crippen LogP contribution in [0.4, 0.5) is 0 Å². The van der Waals surface area contributed by atoms with Crippen molar-refractivity contribution in [2.75, 3.05) is 0 Å². The number of rotatable bonds is 5. The quantitative estimate of drug-likeness (QED) is 0.688. The second kappa shape index (κ2) is 5.74. The van der Waals surface area contributed by atoms with E-state index in [4.69, 9.17) is 0 Å². The SMILES string of the molecule is CCCCCCC1=CC(=C(C)C)NC1=O. The van der Waals surface area contributed by atoms with Gasteiger partial charge in [0.05, 0.1) is 0 Å². The number of unbranched alkanes of at least 4 members (excludes halogenated alkanes) is 3. The van der Waals surface area contributed by atoms with E-state index in [-0.39, 0.29) is 5.91 Å². The van der Waals surface area contributed by atoms with Crippen molar-refractivity contribution in [3.63, 3.8) is 0 Å². The van der Waals surface area contributed by atoms with E-state index in [1.807, 2.05) is 19.9 Å². The van der Waals surface area contributed by atoms with Gasteiger partial charge in [-0.25, -0.2) is 0 Å². The molecule has 0 saturated heterocycles. The molecule has 0 spiro atoms. The Bertz CT molecular complexity index is 296. The summed E-state index contributed by atoms with van der Waals surface area (Å²) in [5, 5.41) is 2.89. The molecule has 0 unspecified atom stereocenters. The lowest BCUT2D eigenvalue weighted by atomic mass is 10.1. The Hall–Kier alpha value is -1.05. The molecule has 0 radical (unpaired) electrons. The van der Waals surface area contributed by atoms with Crippen LogP contribution in [0.1, 0.15) is 52.9 Å². The number of hydrogen-bond donors (Lipinski definition) is 1. The van der Waals surface area contributed by atoms with Gasteiger partial charge < -0.3 is 5.32 Å². The highest BCUT2D eigenvalue weighted by Crippen LogP contribution is 2.19. The molecule has 0 atom stereocenters. The Kier molecular flexibility index (Phi) is 4.60. The lowest BCUT2D eigenvalue weighted by Gasteiger charge is -1.99. The summed E-state index contributed by atoms with van der Waals surface area (Å²) in [6.45, 7) is 6.24. The molecule has 0 aromatic rings. The Morgan fingerprint density at radius 1 is 1.27 bits per heavy atom. The van der Waals surface area contributed by atoms with E-state index >= 15 is 0 Å². The van der Waals surface area contributed by atoms with Crippen LogP contribution in [0.25, 0.3) is 0 Å². The highest BCUT2D eigenvalue weighted by atomic mass is 16.1. The third-order valence-corrected chi connectivity index (χ3v) is 2.70. The van der Waals surface area contributed by atoms with E-state index < -0.39 is 0 Å². The fourth-order valence-electron chi connectivity index (χ4n) is 1.68. The van der Waals surface area contributed by atoms with Crippen LogP contribution in [0, 0.1) is 0 Å². The van der Waals surface area contributed by atoms with Crippen molar-refractivity contribution in [1.29, 1.82) is 0 Å². The number of nitrogens with one attached hydrogen (secondary N) is 1. The summed E-state index contributed by atoms with van der Waals surface area (Å²) >= 11 is 0. The lowest BCUT2D eigenvalue weighted by Crippen LogP contribution is -2.16. The Balaban J connectivity index is 2.45. The third-order valence-electron chi connectivity index (χ3n) is 2.70. The van der Waals surface area contributed by atoms with Gasteiger partial charge in [-0.05, 0) is 32.8 Å². The van der Waals surface area contributed by atoms with Gasteiger partial charge in [0.2, 0.25) is 0 Å². The molecule has 2 nitrogen and oxygen atoms in total. The average Bonchev–Trinajstić information content (AvgIpc) is 2.55. The zero-order valence-corrected chi connectivity index (χ0v) is 10.0. The minimum atomic E-state index is 0.0997. The first-order valence-corrected chi connectivity index (χ1v) is 5.84. The van der Waals surface area contributed by atoms with Gasteiger partial charge in [0.1, 0.15) is 0 Å². The molecule has 0 aromatic heterocycles. The van der Waals surface area contributed by atoms with E-state index in [0.29, 0.717) is 0 Å². The Morgan fingerprint density at radius 3 is 2.53 bits per heavy atom. The van der Waals surface area contributed by atoms with Crippen LogP contribution in [0.15, 0.2) is 22.9 Å². The van der Waals surface area contributed by atoms with Crippen LogP contribution in [-0.2, 0) is 4.79 Å². The van der Waals surface area contributed by atoms with E-state index in [9.17, 15) is 4.79 Å². The van der Waals surface area contributed by atoms with Crippen molar-refractivity contribution < 1.29 is 4.79 Å². The zero-order valence-electron chi connectivity index (χ0n) is 10.0. The Labute approximate surface area is 92.4 Å². The molecule has 1 rings (SSSR count). The van der Waals surface area contributed by atoms with Crippen LogP contribution in [0.5, 0.6) is 0 Å². The van der Waals surface area contributed by atoms with E-state index in [0.717, 1.165) is 24.1 Å². The number of amides is 1. The van der Waals surface area contributed by atoms with Gasteiger partial charge in [0.25, 0.3) is 5.91 Å². The smallest absolute Gasteiger partial charge is 0.251 e. The molecule has 15 heavy (non-hydrogen) atoms. The van der Waals surface area contributed by atoms with Crippen molar-refractivity contribution in [3.05, 3.63) is 22.9 Å². The molecule has 1 heterocycles. The highest BCUT2D eigenvalue weighted by Gasteiger charge is 2.17. The molecule has 0 aliphatic carbocycles. The fourth-order valence-corrected chi connectivity index (χ4v) is 1.68. The number of hydrogen-bond acceptors (Lipinski definition) is 1. The van der Waals surface area contributed by atoms with E-state index in [2.05, 4.69) is 12.2 Å². The maximum Gasteiger partial charge on any atom is 0.251 e. The van der Waals surface area contributed by atoms with Crippen molar-refractivity contribution in [1.82, 2.24) is 5.32 Å². The largest absolute Gasteiger partial charge is 0.322 e. The fraction of sp³-hybridized carbons (Fsp3) is 0.615. The first-order valence-electron chi connectivity index (χ1n) is 5.84. The summed E-state index contributed by atoms with van der Waals surface area (Å²) in [4.78, 5) is 11.5. The van der Waals surface area contributed by atoms with Gasteiger partial charge in [-0.15, -0.1) is 0 Å². The van der Waals surface area contributed by atoms with Crippen LogP contribution in [0.2, 0.25) is 0 Å². The molecule has 0 bridgehead atoms. The molecular weight excluding hydrogens is 186 g/mol. The lowest BCUT2D eigenvalue weighted by molar-refractivity contribution is -0.116. The maximum atomic E-state index is 11.5. The minimum absolute atomic E-state index is 0.0997. The molecule has 0 saturated carbocycles. The topological polar surface area (TPSA) is 29.1 Å². The minimum Gasteiger partial charge on any atom is -0.322 e. The standard InChI is InChI=1S/C13H21NO/c1-4-5-6-7-8-11-9-12(10(2)3)14-13(11)15/h9H,4-8H2,1-3H3,(H,14,15). The van der Waals surface area contributed by atoms with Crippen molar-refractivity contribution in [3.8, 4) is 0 Å². The van der Waals surface area contributed by atoms with Crippen molar-refractivity contribution >= 4 is 5.91 Å². The summed E-state index contributed by atoms with van der Waals surface area (Å²) in [5.41, 5.74) is 3.11. The Morgan fingerprint density at radius 2 is 2.00 bits per heavy atom. The molecule has 1 aliphatic heterocycles. The second-order valence-electron chi connectivity index (χ2n) is 4.35. The highest BCUT2D eigenvalue weighted by molar-refractivity contribution is 5.98. The van der Waals surface area contributed by atoms with Crippen LogP contribution in [0.3, 0.4) is 0 Å². The van der Waals surface area contributed by atoms with Gasteiger partial charge in [0, 0.05) is 11.3 Å². The molecule has 2 heteroatoms. The normalized spacial score (nSPS) is 15.3. The van der Waals surface area contributed by atoms with Crippen LogP contribution < -0.4 is 5.32 Å². The van der Waals surface area contributed by atoms with Crippen molar-refractivity contribution in [2.45, 2.75) is 52.9 Å². The molecule has 84 valence electrons. The molecule has 0 fully saturated rings. The van der Waals surface area contributed by atoms with E-state index in [1.54, 1.807) is 0 Å². The van der Waals surface area contributed by atoms with E-state index in [1.165, 1.54) is 24.8 Å². The van der Waals surface area contributed by atoms with Gasteiger partial charge >= 0.3 is 0 Å². The number of carbonyl (C=O) groups is 1. The summed E-state index contributed by atoms with van der Waals surface area (Å²) < 4.78 is 0. The summed E-state index contributed by atoms with van der Waals surface area (Å²) in [5.74, 6) is 0.0997. The number of carbonyl (C=O) groups excluding carboxylic acids is 1. The monoisotopic (exact) mass is 207 g/mol. The summed E-state index contributed by atoms with van der Waals surface area (Å²) in [6, 6.07) is 0. The zero-order chi connectivity index (χ0) is 11.3. The summed E-state index contributed by atoms with van der Waals surface area (Å²) in [6.07, 6.45) is 7.79. The second-order valence-corrected chi connectivity index (χ2v) is 4.35. The predicted molar refractivity (Wildman–Crippen MR) is 63.4 cm³/mol. The molecule has 0 aromatic carbocycles. The van der Waals surface area contributed by atoms with Crippen LogP contribution >= 0.6 is 0 Å². The molecular formula is C13H21NO. The van der Waals surface area contributed by atoms with Crippen LogP contribution in [-0.4, -0.2) is 5.91 Å². The average molecular weight is 207 g/mol. The summed E-state index contributed by atoms with van der Waals surface area (Å²) in [7, 11) is 0. The maximum absolute atomic E-state index is 11.5. The van der Waals surface area contributed by atoms with Gasteiger partial charge in [-0.1, -0.05) is 31.8 Å². The number of allylic oxidation sites excluding steroid dienone is 2. The first-order chi connectivity index (χ1) is 7.15. The van der Waals surface area contributed by atoms with Crippen molar-refractivity contribution in [2.24, 2.45) is 0 Å². The molecule has 1 amide bonds. The first kappa shape index (κ1) is 12.0. The predicted octanol–water partition coefficient (Wildman–Crippen LogP) is 3.31. The van der Waals surface area contributed by atoms with Gasteiger partial charge in [-0.3, -0.25) is 4.79 Å². The van der Waals surface area contributed by atoms with Gasteiger partial charge in [-0.2, -0.15) is 0 Å². The molecule has 1 aliphatic rings. The van der Waals surface area contributed by atoms with Gasteiger partial charge in [0.15, 0.2) is 0 Å². The third kappa shape index (κ3) is 3.54. The molecule has 1 N–H and O–H groups in total.